The van der Waals surface area contributed by atoms with Crippen LogP contribution in [0.2, 0.25) is 0 Å². The Labute approximate surface area is 115 Å². The lowest BCUT2D eigenvalue weighted by atomic mass is 10.0. The summed E-state index contributed by atoms with van der Waals surface area (Å²) in [6, 6.07) is 2.64. The smallest absolute Gasteiger partial charge is 0.0589 e. The Kier molecular flexibility index (Phi) is 4.60. The van der Waals surface area contributed by atoms with E-state index in [2.05, 4.69) is 39.2 Å². The standard InChI is InChI=1S/C12H19BrN2OS/c1-8-2-3-15(11(8)6-16)10(5-14)12-4-9(13)7-17-12/h4,7-8,10-11,16H,2-3,5-6,14H2,1H3. The largest absolute Gasteiger partial charge is 0.395 e. The van der Waals surface area contributed by atoms with Gasteiger partial charge < -0.3 is 10.8 Å². The van der Waals surface area contributed by atoms with E-state index >= 15 is 0 Å². The zero-order valence-electron chi connectivity index (χ0n) is 9.97. The van der Waals surface area contributed by atoms with Crippen LogP contribution in [0.5, 0.6) is 0 Å². The molecule has 1 aliphatic rings. The number of aliphatic hydroxyl groups excluding tert-OH is 1. The summed E-state index contributed by atoms with van der Waals surface area (Å²) in [7, 11) is 0. The first kappa shape index (κ1) is 13.5. The molecule has 0 amide bonds. The van der Waals surface area contributed by atoms with Gasteiger partial charge in [0, 0.05) is 27.3 Å². The Bertz CT molecular complexity index is 371. The van der Waals surface area contributed by atoms with Crippen molar-refractivity contribution in [3.8, 4) is 0 Å². The van der Waals surface area contributed by atoms with Crippen molar-refractivity contribution in [3.63, 3.8) is 0 Å². The van der Waals surface area contributed by atoms with E-state index < -0.39 is 0 Å². The quantitative estimate of drug-likeness (QED) is 0.895. The molecule has 17 heavy (non-hydrogen) atoms. The van der Waals surface area contributed by atoms with Crippen LogP contribution in [0.3, 0.4) is 0 Å². The Morgan fingerprint density at radius 3 is 3.00 bits per heavy atom. The molecule has 1 saturated heterocycles. The van der Waals surface area contributed by atoms with Crippen LogP contribution >= 0.6 is 27.3 Å². The van der Waals surface area contributed by atoms with Crippen LogP contribution in [-0.2, 0) is 0 Å². The van der Waals surface area contributed by atoms with Crippen LogP contribution in [0.25, 0.3) is 0 Å². The Morgan fingerprint density at radius 2 is 2.47 bits per heavy atom. The van der Waals surface area contributed by atoms with Gasteiger partial charge in [-0.05, 0) is 40.9 Å². The van der Waals surface area contributed by atoms with Gasteiger partial charge >= 0.3 is 0 Å². The lowest BCUT2D eigenvalue weighted by Crippen LogP contribution is -2.40. The van der Waals surface area contributed by atoms with Gasteiger partial charge in [-0.25, -0.2) is 0 Å². The maximum Gasteiger partial charge on any atom is 0.0589 e. The van der Waals surface area contributed by atoms with Crippen molar-refractivity contribution < 1.29 is 5.11 Å². The number of hydrogen-bond acceptors (Lipinski definition) is 4. The van der Waals surface area contributed by atoms with Crippen molar-refractivity contribution in [1.82, 2.24) is 4.90 Å². The fourth-order valence-electron chi connectivity index (χ4n) is 2.63. The molecule has 0 radical (unpaired) electrons. The molecule has 0 aliphatic carbocycles. The zero-order chi connectivity index (χ0) is 12.4. The first-order valence-corrected chi connectivity index (χ1v) is 7.65. The van der Waals surface area contributed by atoms with Crippen LogP contribution in [-0.4, -0.2) is 35.7 Å². The van der Waals surface area contributed by atoms with Crippen LogP contribution in [0.4, 0.5) is 0 Å². The third-order valence-electron chi connectivity index (χ3n) is 3.65. The Morgan fingerprint density at radius 1 is 1.71 bits per heavy atom. The molecule has 1 aliphatic heterocycles. The van der Waals surface area contributed by atoms with Crippen molar-refractivity contribution in [3.05, 3.63) is 20.8 Å². The van der Waals surface area contributed by atoms with Crippen LogP contribution in [0.15, 0.2) is 15.9 Å². The minimum absolute atomic E-state index is 0.226. The van der Waals surface area contributed by atoms with Crippen molar-refractivity contribution in [2.45, 2.75) is 25.4 Å². The molecule has 5 heteroatoms. The second kappa shape index (κ2) is 5.80. The molecule has 0 saturated carbocycles. The minimum atomic E-state index is 0.226. The maximum absolute atomic E-state index is 9.52. The normalized spacial score (nSPS) is 27.5. The molecule has 3 nitrogen and oxygen atoms in total. The molecule has 96 valence electrons. The molecule has 2 rings (SSSR count). The molecule has 1 aromatic rings. The van der Waals surface area contributed by atoms with E-state index in [1.54, 1.807) is 11.3 Å². The highest BCUT2D eigenvalue weighted by Gasteiger charge is 2.35. The van der Waals surface area contributed by atoms with E-state index in [9.17, 15) is 5.11 Å². The van der Waals surface area contributed by atoms with E-state index in [0.717, 1.165) is 17.4 Å². The third kappa shape index (κ3) is 2.74. The number of nitrogens with two attached hydrogens (primary N) is 1. The van der Waals surface area contributed by atoms with Crippen LogP contribution < -0.4 is 5.73 Å². The number of rotatable bonds is 4. The lowest BCUT2D eigenvalue weighted by Gasteiger charge is -2.32. The number of nitrogens with zero attached hydrogens (tertiary/aromatic N) is 1. The molecular weight excluding hydrogens is 300 g/mol. The van der Waals surface area contributed by atoms with Crippen molar-refractivity contribution >= 4 is 27.3 Å². The average molecular weight is 319 g/mol. The fraction of sp³-hybridized carbons (Fsp3) is 0.667. The van der Waals surface area contributed by atoms with Gasteiger partial charge in [-0.1, -0.05) is 6.92 Å². The molecule has 3 N–H and O–H groups in total. The van der Waals surface area contributed by atoms with Gasteiger partial charge in [-0.2, -0.15) is 0 Å². The molecule has 2 heterocycles. The minimum Gasteiger partial charge on any atom is -0.395 e. The lowest BCUT2D eigenvalue weighted by molar-refractivity contribution is 0.106. The monoisotopic (exact) mass is 318 g/mol. The summed E-state index contributed by atoms with van der Waals surface area (Å²) in [5, 5.41) is 11.6. The van der Waals surface area contributed by atoms with E-state index in [0.29, 0.717) is 12.5 Å². The number of likely N-dealkylation sites (tertiary alicyclic amines) is 1. The van der Waals surface area contributed by atoms with Crippen molar-refractivity contribution in [2.24, 2.45) is 11.7 Å². The van der Waals surface area contributed by atoms with Gasteiger partial charge in [0.2, 0.25) is 0 Å². The van der Waals surface area contributed by atoms with Gasteiger partial charge in [0.25, 0.3) is 0 Å². The van der Waals surface area contributed by atoms with E-state index in [1.165, 1.54) is 4.88 Å². The van der Waals surface area contributed by atoms with Gasteiger partial charge in [-0.3, -0.25) is 4.90 Å². The number of aliphatic hydroxyl groups is 1. The molecular formula is C12H19BrN2OS. The second-order valence-corrected chi connectivity index (χ2v) is 6.53. The maximum atomic E-state index is 9.52. The van der Waals surface area contributed by atoms with Crippen molar-refractivity contribution in [1.29, 1.82) is 0 Å². The predicted molar refractivity (Wildman–Crippen MR) is 75.2 cm³/mol. The summed E-state index contributed by atoms with van der Waals surface area (Å²) in [4.78, 5) is 3.65. The molecule has 3 unspecified atom stereocenters. The summed E-state index contributed by atoms with van der Waals surface area (Å²) in [6.45, 7) is 4.07. The summed E-state index contributed by atoms with van der Waals surface area (Å²) < 4.78 is 1.11. The molecule has 1 aromatic heterocycles. The highest BCUT2D eigenvalue weighted by molar-refractivity contribution is 9.10. The second-order valence-electron chi connectivity index (χ2n) is 4.67. The van der Waals surface area contributed by atoms with E-state index in [4.69, 9.17) is 5.73 Å². The molecule has 1 fully saturated rings. The predicted octanol–water partition coefficient (Wildman–Crippen LogP) is 2.21. The highest BCUT2D eigenvalue weighted by atomic mass is 79.9. The van der Waals surface area contributed by atoms with Gasteiger partial charge in [0.1, 0.15) is 0 Å². The Balaban J connectivity index is 2.18. The first-order chi connectivity index (χ1) is 8.17. The summed E-state index contributed by atoms with van der Waals surface area (Å²) in [5.41, 5.74) is 5.92. The van der Waals surface area contributed by atoms with E-state index in [-0.39, 0.29) is 18.7 Å². The van der Waals surface area contributed by atoms with Gasteiger partial charge in [-0.15, -0.1) is 11.3 Å². The topological polar surface area (TPSA) is 49.5 Å². The zero-order valence-corrected chi connectivity index (χ0v) is 12.4. The van der Waals surface area contributed by atoms with Crippen molar-refractivity contribution in [2.75, 3.05) is 19.7 Å². The van der Waals surface area contributed by atoms with Gasteiger partial charge in [0.05, 0.1) is 12.6 Å². The third-order valence-corrected chi connectivity index (χ3v) is 5.45. The summed E-state index contributed by atoms with van der Waals surface area (Å²) in [5.74, 6) is 0.553. The number of halogens is 1. The van der Waals surface area contributed by atoms with Gasteiger partial charge in [0.15, 0.2) is 0 Å². The number of thiophene rings is 1. The summed E-state index contributed by atoms with van der Waals surface area (Å²) >= 11 is 5.22. The highest BCUT2D eigenvalue weighted by Crippen LogP contribution is 2.35. The molecule has 0 spiro atoms. The molecule has 0 aromatic carbocycles. The molecule has 3 atom stereocenters. The molecule has 0 bridgehead atoms. The fourth-order valence-corrected chi connectivity index (χ4v) is 4.21. The first-order valence-electron chi connectivity index (χ1n) is 5.98. The Hall–Kier alpha value is 0.0600. The number of hydrogen-bond donors (Lipinski definition) is 2. The SMILES string of the molecule is CC1CCN(C(CN)c2cc(Br)cs2)C1CO. The summed E-state index contributed by atoms with van der Waals surface area (Å²) in [6.07, 6.45) is 1.15. The van der Waals surface area contributed by atoms with E-state index in [1.807, 2.05) is 0 Å². The van der Waals surface area contributed by atoms with Crippen LogP contribution in [0, 0.1) is 5.92 Å². The average Bonchev–Trinajstić information content (AvgIpc) is 2.88. The van der Waals surface area contributed by atoms with Crippen LogP contribution in [0.1, 0.15) is 24.3 Å².